The molecule has 1 aromatic carbocycles. The van der Waals surface area contributed by atoms with Crippen LogP contribution in [0.5, 0.6) is 0 Å². The van der Waals surface area contributed by atoms with E-state index in [4.69, 9.17) is 4.74 Å². The van der Waals surface area contributed by atoms with Crippen molar-refractivity contribution in [2.24, 2.45) is 0 Å². The van der Waals surface area contributed by atoms with Crippen molar-refractivity contribution in [3.8, 4) is 0 Å². The smallest absolute Gasteiger partial charge is 0.339 e. The average Bonchev–Trinajstić information content (AvgIpc) is 3.32. The summed E-state index contributed by atoms with van der Waals surface area (Å²) >= 11 is 10.3. The van der Waals surface area contributed by atoms with Crippen molar-refractivity contribution < 1.29 is 19.1 Å². The van der Waals surface area contributed by atoms with Gasteiger partial charge in [0.05, 0.1) is 31.3 Å². The number of thiazole rings is 2. The van der Waals surface area contributed by atoms with Crippen molar-refractivity contribution >= 4 is 94.3 Å². The molecule has 0 aliphatic heterocycles. The van der Waals surface area contributed by atoms with Gasteiger partial charge in [-0.3, -0.25) is 14.9 Å². The van der Waals surface area contributed by atoms with Gasteiger partial charge in [0, 0.05) is 4.90 Å². The number of aromatic nitrogens is 2. The van der Waals surface area contributed by atoms with Crippen LogP contribution in [0.25, 0.3) is 0 Å². The number of carbonyl (C=O) groups excluding carboxylic acids is 3. The quantitative estimate of drug-likeness (QED) is 0.290. The highest BCUT2D eigenvalue weighted by molar-refractivity contribution is 9.11. The first kappa shape index (κ1) is 22.9. The van der Waals surface area contributed by atoms with E-state index in [1.54, 1.807) is 36.7 Å². The summed E-state index contributed by atoms with van der Waals surface area (Å²) < 4.78 is 6.68. The molecule has 0 spiro atoms. The number of hydrogen-bond acceptors (Lipinski definition) is 9. The van der Waals surface area contributed by atoms with Crippen LogP contribution in [-0.2, 0) is 14.3 Å². The molecule has 3 aromatic rings. The van der Waals surface area contributed by atoms with E-state index in [1.807, 2.05) is 0 Å². The third-order valence-corrected chi connectivity index (χ3v) is 7.10. The fraction of sp³-hybridized carbons (Fsp3) is 0.118. The van der Waals surface area contributed by atoms with Gasteiger partial charge in [-0.15, -0.1) is 11.8 Å². The molecule has 0 fully saturated rings. The Hall–Kier alpha value is -1.80. The van der Waals surface area contributed by atoms with Crippen molar-refractivity contribution in [1.82, 2.24) is 9.97 Å². The Labute approximate surface area is 200 Å². The highest BCUT2D eigenvalue weighted by atomic mass is 79.9. The first-order valence-electron chi connectivity index (χ1n) is 8.12. The van der Waals surface area contributed by atoms with Crippen LogP contribution in [0.2, 0.25) is 0 Å². The van der Waals surface area contributed by atoms with Gasteiger partial charge in [-0.05, 0) is 44.0 Å². The Morgan fingerprint density at radius 3 is 2.17 bits per heavy atom. The lowest BCUT2D eigenvalue weighted by Gasteiger charge is -2.09. The first-order valence-corrected chi connectivity index (χ1v) is 12.3. The van der Waals surface area contributed by atoms with Crippen LogP contribution in [0, 0.1) is 0 Å². The maximum atomic E-state index is 12.4. The lowest BCUT2D eigenvalue weighted by molar-refractivity contribution is -0.119. The van der Waals surface area contributed by atoms with Crippen molar-refractivity contribution in [2.75, 3.05) is 23.0 Å². The molecular weight excluding hydrogens is 580 g/mol. The monoisotopic (exact) mass is 590 g/mol. The molecule has 2 aromatic heterocycles. The molecule has 0 saturated carbocycles. The Morgan fingerprint density at radius 2 is 1.57 bits per heavy atom. The van der Waals surface area contributed by atoms with E-state index >= 15 is 0 Å². The summed E-state index contributed by atoms with van der Waals surface area (Å²) in [7, 11) is 0. The molecule has 0 bridgehead atoms. The maximum Gasteiger partial charge on any atom is 0.339 e. The minimum absolute atomic E-state index is 0.0842. The third kappa shape index (κ3) is 6.87. The fourth-order valence-electron chi connectivity index (χ4n) is 2.05. The van der Waals surface area contributed by atoms with Gasteiger partial charge >= 0.3 is 5.97 Å². The van der Waals surface area contributed by atoms with Crippen LogP contribution < -0.4 is 10.6 Å². The summed E-state index contributed by atoms with van der Waals surface area (Å²) in [5.41, 5.74) is 0.275. The molecule has 0 radical (unpaired) electrons. The normalized spacial score (nSPS) is 10.5. The highest BCUT2D eigenvalue weighted by Crippen LogP contribution is 2.26. The van der Waals surface area contributed by atoms with E-state index in [9.17, 15) is 14.4 Å². The molecule has 156 valence electrons. The summed E-state index contributed by atoms with van der Waals surface area (Å²) in [6.07, 6.45) is 3.16. The number of hydrogen-bond donors (Lipinski definition) is 2. The molecule has 0 atom stereocenters. The van der Waals surface area contributed by atoms with Gasteiger partial charge in [-0.25, -0.2) is 14.8 Å². The molecule has 2 N–H and O–H groups in total. The number of rotatable bonds is 8. The number of nitrogens with zero attached hydrogens (tertiary/aromatic N) is 2. The average molecular weight is 592 g/mol. The summed E-state index contributed by atoms with van der Waals surface area (Å²) in [6.45, 7) is -0.450. The lowest BCUT2D eigenvalue weighted by atomic mass is 10.2. The Balaban J connectivity index is 1.52. The van der Waals surface area contributed by atoms with Gasteiger partial charge in [0.1, 0.15) is 0 Å². The zero-order valence-electron chi connectivity index (χ0n) is 14.9. The van der Waals surface area contributed by atoms with Crippen molar-refractivity contribution in [3.05, 3.63) is 49.8 Å². The number of anilines is 2. The Kier molecular flexibility index (Phi) is 8.39. The van der Waals surface area contributed by atoms with E-state index in [1.165, 1.54) is 34.4 Å². The predicted molar refractivity (Wildman–Crippen MR) is 124 cm³/mol. The van der Waals surface area contributed by atoms with Gasteiger partial charge in [-0.1, -0.05) is 34.8 Å². The second kappa shape index (κ2) is 11.0. The summed E-state index contributed by atoms with van der Waals surface area (Å²) in [5.74, 6) is -1.32. The fourth-order valence-corrected chi connectivity index (χ4v) is 5.13. The van der Waals surface area contributed by atoms with Gasteiger partial charge < -0.3 is 10.1 Å². The number of benzene rings is 1. The third-order valence-electron chi connectivity index (χ3n) is 3.25. The van der Waals surface area contributed by atoms with Crippen molar-refractivity contribution in [3.63, 3.8) is 0 Å². The minimum atomic E-state index is -0.655. The largest absolute Gasteiger partial charge is 0.452 e. The molecule has 0 aliphatic carbocycles. The van der Waals surface area contributed by atoms with Gasteiger partial charge in [0.15, 0.2) is 16.9 Å². The summed E-state index contributed by atoms with van der Waals surface area (Å²) in [4.78, 5) is 45.0. The number of amides is 2. The second-order valence-corrected chi connectivity index (χ2v) is 11.2. The number of nitrogens with one attached hydrogen (secondary N) is 2. The number of esters is 1. The molecule has 0 aliphatic rings. The van der Waals surface area contributed by atoms with Crippen molar-refractivity contribution in [1.29, 1.82) is 0 Å². The van der Waals surface area contributed by atoms with Crippen LogP contribution in [0.1, 0.15) is 10.4 Å². The summed E-state index contributed by atoms with van der Waals surface area (Å²) in [6, 6.07) is 6.72. The van der Waals surface area contributed by atoms with E-state index in [0.29, 0.717) is 15.2 Å². The van der Waals surface area contributed by atoms with E-state index in [2.05, 4.69) is 52.5 Å². The SMILES string of the molecule is O=C(COC(=O)c1ccccc1SCC(=O)Nc1ncc(Br)s1)Nc1ncc(Br)s1. The van der Waals surface area contributed by atoms with E-state index < -0.39 is 18.5 Å². The van der Waals surface area contributed by atoms with E-state index in [-0.39, 0.29) is 17.2 Å². The molecule has 2 amide bonds. The Morgan fingerprint density at radius 1 is 0.967 bits per heavy atom. The highest BCUT2D eigenvalue weighted by Gasteiger charge is 2.16. The molecule has 0 unspecified atom stereocenters. The van der Waals surface area contributed by atoms with Crippen LogP contribution in [0.3, 0.4) is 0 Å². The van der Waals surface area contributed by atoms with Crippen LogP contribution in [-0.4, -0.2) is 40.1 Å². The van der Waals surface area contributed by atoms with Crippen LogP contribution in [0.4, 0.5) is 10.3 Å². The number of ether oxygens (including phenoxy) is 1. The van der Waals surface area contributed by atoms with Gasteiger partial charge in [0.25, 0.3) is 5.91 Å². The zero-order valence-corrected chi connectivity index (χ0v) is 20.5. The first-order chi connectivity index (χ1) is 14.4. The molecular formula is C17H12Br2N4O4S3. The predicted octanol–water partition coefficient (Wildman–Crippen LogP) is 4.65. The summed E-state index contributed by atoms with van der Waals surface area (Å²) in [5, 5.41) is 6.12. The van der Waals surface area contributed by atoms with Crippen LogP contribution in [0.15, 0.2) is 49.1 Å². The minimum Gasteiger partial charge on any atom is -0.452 e. The Bertz CT molecular complexity index is 1070. The number of halogens is 2. The van der Waals surface area contributed by atoms with Gasteiger partial charge in [0.2, 0.25) is 5.91 Å². The number of thioether (sulfide) groups is 1. The molecule has 13 heteroatoms. The van der Waals surface area contributed by atoms with Gasteiger partial charge in [-0.2, -0.15) is 0 Å². The molecule has 30 heavy (non-hydrogen) atoms. The molecule has 2 heterocycles. The van der Waals surface area contributed by atoms with Crippen molar-refractivity contribution in [2.45, 2.75) is 4.90 Å². The standard InChI is InChI=1S/C17H12Br2N4O4S3/c18-11-5-20-16(29-11)22-13(24)7-27-15(26)9-3-1-2-4-10(9)28-8-14(25)23-17-21-6-12(19)30-17/h1-6H,7-8H2,(H,20,22,24)(H,21,23,25). The molecule has 3 rings (SSSR count). The second-order valence-electron chi connectivity index (χ2n) is 5.40. The molecule has 8 nitrogen and oxygen atoms in total. The maximum absolute atomic E-state index is 12.4. The zero-order chi connectivity index (χ0) is 21.5. The molecule has 0 saturated heterocycles. The topological polar surface area (TPSA) is 110 Å². The van der Waals surface area contributed by atoms with Crippen LogP contribution >= 0.6 is 66.3 Å². The lowest BCUT2D eigenvalue weighted by Crippen LogP contribution is -2.21. The van der Waals surface area contributed by atoms with E-state index in [0.717, 1.165) is 7.57 Å². The number of carbonyl (C=O) groups is 3.